The van der Waals surface area contributed by atoms with E-state index in [0.29, 0.717) is 6.42 Å². The molecule has 68 valence electrons. The van der Waals surface area contributed by atoms with Crippen LogP contribution in [0, 0.1) is 0 Å². The van der Waals surface area contributed by atoms with Gasteiger partial charge < -0.3 is 4.74 Å². The molecular weight excluding hydrogens is 176 g/mol. The van der Waals surface area contributed by atoms with E-state index >= 15 is 0 Å². The molecule has 1 aliphatic heterocycles. The van der Waals surface area contributed by atoms with E-state index in [2.05, 4.69) is 0 Å². The highest BCUT2D eigenvalue weighted by Crippen LogP contribution is 2.54. The molecule has 0 bridgehead atoms. The molecule has 1 saturated heterocycles. The molecule has 1 aliphatic carbocycles. The summed E-state index contributed by atoms with van der Waals surface area (Å²) in [5.74, 6) is -0.214. The number of ether oxygens (including phenoxy) is 1. The average Bonchev–Trinajstić information content (AvgIpc) is 2.54. The summed E-state index contributed by atoms with van der Waals surface area (Å²) in [5.41, 5.74) is -0.291. The summed E-state index contributed by atoms with van der Waals surface area (Å²) in [6.07, 6.45) is 4.88. The molecule has 0 aromatic heterocycles. The fourth-order valence-corrected chi connectivity index (χ4v) is 2.66. The molecule has 0 N–H and O–H groups in total. The first kappa shape index (κ1) is 8.36. The van der Waals surface area contributed by atoms with Gasteiger partial charge in [-0.05, 0) is 32.1 Å². The van der Waals surface area contributed by atoms with E-state index in [1.165, 1.54) is 0 Å². The van der Waals surface area contributed by atoms with E-state index in [0.717, 1.165) is 25.7 Å². The molecular formula is C9H13ClO2. The summed E-state index contributed by atoms with van der Waals surface area (Å²) in [6, 6.07) is 0. The number of hydrogen-bond donors (Lipinski definition) is 0. The number of rotatable bonds is 1. The van der Waals surface area contributed by atoms with Crippen molar-refractivity contribution in [1.29, 1.82) is 0 Å². The molecule has 1 heterocycles. The van der Waals surface area contributed by atoms with Crippen molar-refractivity contribution in [2.45, 2.75) is 49.5 Å². The van der Waals surface area contributed by atoms with Crippen LogP contribution in [0.1, 0.15) is 39.0 Å². The SMILES string of the molecule is CC[C@@]1(Cl)C(=O)OC12CCCC2. The van der Waals surface area contributed by atoms with E-state index in [-0.39, 0.29) is 11.6 Å². The molecule has 12 heavy (non-hydrogen) atoms. The summed E-state index contributed by atoms with van der Waals surface area (Å²) in [6.45, 7) is 1.95. The molecule has 0 amide bonds. The second kappa shape index (κ2) is 2.38. The van der Waals surface area contributed by atoms with Gasteiger partial charge >= 0.3 is 5.97 Å². The lowest BCUT2D eigenvalue weighted by atomic mass is 9.78. The highest BCUT2D eigenvalue weighted by atomic mass is 35.5. The van der Waals surface area contributed by atoms with Gasteiger partial charge in [0.25, 0.3) is 0 Å². The van der Waals surface area contributed by atoms with Crippen molar-refractivity contribution < 1.29 is 9.53 Å². The molecule has 1 saturated carbocycles. The number of esters is 1. The summed E-state index contributed by atoms with van der Waals surface area (Å²) < 4.78 is 5.22. The molecule has 2 fully saturated rings. The third-order valence-electron chi connectivity index (χ3n) is 3.23. The van der Waals surface area contributed by atoms with Crippen LogP contribution in [0.15, 0.2) is 0 Å². The highest BCUT2D eigenvalue weighted by molar-refractivity contribution is 6.37. The molecule has 0 aromatic carbocycles. The summed E-state index contributed by atoms with van der Waals surface area (Å²) in [4.78, 5) is 10.5. The van der Waals surface area contributed by atoms with Crippen LogP contribution in [0.3, 0.4) is 0 Å². The van der Waals surface area contributed by atoms with Crippen molar-refractivity contribution in [2.75, 3.05) is 0 Å². The number of carbonyl (C=O) groups excluding carboxylic acids is 1. The molecule has 0 aromatic rings. The van der Waals surface area contributed by atoms with Crippen molar-refractivity contribution in [3.63, 3.8) is 0 Å². The molecule has 2 rings (SSSR count). The molecule has 0 radical (unpaired) electrons. The third kappa shape index (κ3) is 0.743. The predicted molar refractivity (Wildman–Crippen MR) is 46.2 cm³/mol. The topological polar surface area (TPSA) is 26.3 Å². The third-order valence-corrected chi connectivity index (χ3v) is 4.00. The van der Waals surface area contributed by atoms with Crippen LogP contribution in [-0.2, 0) is 9.53 Å². The monoisotopic (exact) mass is 188 g/mol. The van der Waals surface area contributed by atoms with E-state index in [9.17, 15) is 4.79 Å². The van der Waals surface area contributed by atoms with Gasteiger partial charge in [0.15, 0.2) is 4.87 Å². The first-order chi connectivity index (χ1) is 5.65. The van der Waals surface area contributed by atoms with Crippen molar-refractivity contribution in [3.05, 3.63) is 0 Å². The Bertz CT molecular complexity index is 221. The number of halogens is 1. The molecule has 1 atom stereocenters. The maximum Gasteiger partial charge on any atom is 0.332 e. The van der Waals surface area contributed by atoms with Crippen molar-refractivity contribution in [2.24, 2.45) is 0 Å². The standard InChI is InChI=1S/C9H13ClO2/c1-2-9(10)7(11)12-8(9)5-3-4-6-8/h2-6H2,1H3/t9-/m1/s1. The summed E-state index contributed by atoms with van der Waals surface area (Å²) >= 11 is 6.23. The van der Waals surface area contributed by atoms with Crippen molar-refractivity contribution in [1.82, 2.24) is 0 Å². The largest absolute Gasteiger partial charge is 0.455 e. The van der Waals surface area contributed by atoms with Crippen LogP contribution in [0.4, 0.5) is 0 Å². The Morgan fingerprint density at radius 3 is 2.50 bits per heavy atom. The van der Waals surface area contributed by atoms with Gasteiger partial charge in [0.05, 0.1) is 0 Å². The van der Waals surface area contributed by atoms with E-state index in [1.807, 2.05) is 6.92 Å². The van der Waals surface area contributed by atoms with Gasteiger partial charge in [-0.1, -0.05) is 6.92 Å². The lowest BCUT2D eigenvalue weighted by molar-refractivity contribution is -0.204. The zero-order valence-corrected chi connectivity index (χ0v) is 7.99. The first-order valence-corrected chi connectivity index (χ1v) is 4.95. The minimum absolute atomic E-state index is 0.214. The molecule has 3 heteroatoms. The fourth-order valence-electron chi connectivity index (χ4n) is 2.39. The second-order valence-corrected chi connectivity index (χ2v) is 4.39. The lowest BCUT2D eigenvalue weighted by Crippen LogP contribution is -2.67. The van der Waals surface area contributed by atoms with Crippen LogP contribution >= 0.6 is 11.6 Å². The fraction of sp³-hybridized carbons (Fsp3) is 0.889. The van der Waals surface area contributed by atoms with Crippen molar-refractivity contribution >= 4 is 17.6 Å². The van der Waals surface area contributed by atoms with Crippen LogP contribution < -0.4 is 0 Å². The van der Waals surface area contributed by atoms with Gasteiger partial charge in [-0.3, -0.25) is 0 Å². The Balaban J connectivity index is 2.24. The minimum atomic E-state index is -0.691. The molecule has 2 nitrogen and oxygen atoms in total. The van der Waals surface area contributed by atoms with Gasteiger partial charge in [0, 0.05) is 0 Å². The zero-order valence-electron chi connectivity index (χ0n) is 7.23. The van der Waals surface area contributed by atoms with Gasteiger partial charge in [0.1, 0.15) is 5.60 Å². The summed E-state index contributed by atoms with van der Waals surface area (Å²) in [7, 11) is 0. The quantitative estimate of drug-likeness (QED) is 0.466. The lowest BCUT2D eigenvalue weighted by Gasteiger charge is -2.51. The Hall–Kier alpha value is -0.240. The van der Waals surface area contributed by atoms with Gasteiger partial charge in [-0.25, -0.2) is 4.79 Å². The Morgan fingerprint density at radius 1 is 1.50 bits per heavy atom. The van der Waals surface area contributed by atoms with Gasteiger partial charge in [0.2, 0.25) is 0 Å². The van der Waals surface area contributed by atoms with E-state index < -0.39 is 4.87 Å². The smallest absolute Gasteiger partial charge is 0.332 e. The number of hydrogen-bond acceptors (Lipinski definition) is 2. The Morgan fingerprint density at radius 2 is 2.08 bits per heavy atom. The molecule has 1 spiro atoms. The second-order valence-electron chi connectivity index (χ2n) is 3.75. The van der Waals surface area contributed by atoms with Gasteiger partial charge in [-0.15, -0.1) is 11.6 Å². The molecule has 2 aliphatic rings. The van der Waals surface area contributed by atoms with Gasteiger partial charge in [-0.2, -0.15) is 0 Å². The first-order valence-electron chi connectivity index (χ1n) is 4.57. The van der Waals surface area contributed by atoms with Crippen LogP contribution in [0.2, 0.25) is 0 Å². The summed E-state index contributed by atoms with van der Waals surface area (Å²) in [5, 5.41) is 0. The minimum Gasteiger partial charge on any atom is -0.455 e. The van der Waals surface area contributed by atoms with Crippen LogP contribution in [0.25, 0.3) is 0 Å². The van der Waals surface area contributed by atoms with Crippen molar-refractivity contribution in [3.8, 4) is 0 Å². The zero-order chi connectivity index (χ0) is 8.82. The van der Waals surface area contributed by atoms with Crippen LogP contribution in [-0.4, -0.2) is 16.4 Å². The Kier molecular flexibility index (Phi) is 1.66. The normalized spacial score (nSPS) is 38.0. The van der Waals surface area contributed by atoms with E-state index in [1.54, 1.807) is 0 Å². The maximum absolute atomic E-state index is 11.2. The highest BCUT2D eigenvalue weighted by Gasteiger charge is 2.67. The molecule has 0 unspecified atom stereocenters. The predicted octanol–water partition coefficient (Wildman–Crippen LogP) is 2.24. The Labute approximate surface area is 77.2 Å². The maximum atomic E-state index is 11.2. The number of alkyl halides is 1. The van der Waals surface area contributed by atoms with Crippen LogP contribution in [0.5, 0.6) is 0 Å². The number of carbonyl (C=O) groups is 1. The average molecular weight is 189 g/mol. The van der Waals surface area contributed by atoms with E-state index in [4.69, 9.17) is 16.3 Å².